The van der Waals surface area contributed by atoms with Gasteiger partial charge in [-0.05, 0) is 30.5 Å². The number of ether oxygens (including phenoxy) is 2. The van der Waals surface area contributed by atoms with E-state index in [0.717, 1.165) is 5.56 Å². The van der Waals surface area contributed by atoms with Gasteiger partial charge in [-0.15, -0.1) is 11.3 Å². The maximum absolute atomic E-state index is 13.1. The average Bonchev–Trinajstić information content (AvgIpc) is 3.28. The Morgan fingerprint density at radius 2 is 1.76 bits per heavy atom. The highest BCUT2D eigenvalue weighted by Crippen LogP contribution is 2.29. The van der Waals surface area contributed by atoms with Crippen molar-refractivity contribution < 1.29 is 19.1 Å². The molecule has 3 aromatic rings. The quantitative estimate of drug-likeness (QED) is 0.431. The highest BCUT2D eigenvalue weighted by molar-refractivity contribution is 7.12. The smallest absolute Gasteiger partial charge is 0.263 e. The second kappa shape index (κ2) is 9.25. The Kier molecular flexibility index (Phi) is 6.51. The van der Waals surface area contributed by atoms with Crippen LogP contribution in [0.15, 0.2) is 60.0 Å². The molecule has 0 radical (unpaired) electrons. The van der Waals surface area contributed by atoms with Gasteiger partial charge < -0.3 is 20.1 Å². The van der Waals surface area contributed by atoms with Gasteiger partial charge in [-0.2, -0.15) is 0 Å². The molecule has 1 atom stereocenters. The summed E-state index contributed by atoms with van der Waals surface area (Å²) in [5.41, 5.74) is 2.10. The highest BCUT2D eigenvalue weighted by Gasteiger charge is 2.24. The van der Waals surface area contributed by atoms with Crippen molar-refractivity contribution in [2.75, 3.05) is 19.5 Å². The number of amides is 1. The van der Waals surface area contributed by atoms with Crippen LogP contribution in [0.3, 0.4) is 0 Å². The summed E-state index contributed by atoms with van der Waals surface area (Å²) in [5.74, 6) is 0.533. The molecule has 0 aliphatic heterocycles. The summed E-state index contributed by atoms with van der Waals surface area (Å²) >= 11 is 1.31. The summed E-state index contributed by atoms with van der Waals surface area (Å²) in [6.45, 7) is 1.95. The Balaban J connectivity index is 1.90. The second-order valence-electron chi connectivity index (χ2n) is 6.32. The third-order valence-electron chi connectivity index (χ3n) is 4.33. The molecular formula is C22H22N2O4S. The van der Waals surface area contributed by atoms with Gasteiger partial charge in [0, 0.05) is 11.6 Å². The van der Waals surface area contributed by atoms with E-state index in [1.807, 2.05) is 24.4 Å². The molecule has 2 aromatic carbocycles. The van der Waals surface area contributed by atoms with Crippen molar-refractivity contribution in [3.05, 3.63) is 76.0 Å². The van der Waals surface area contributed by atoms with Gasteiger partial charge in [0.05, 0.1) is 24.8 Å². The lowest BCUT2D eigenvalue weighted by Crippen LogP contribution is -2.46. The summed E-state index contributed by atoms with van der Waals surface area (Å²) in [6.07, 6.45) is -0.977. The van der Waals surface area contributed by atoms with Crippen molar-refractivity contribution in [1.29, 1.82) is 0 Å². The van der Waals surface area contributed by atoms with Gasteiger partial charge in [0.1, 0.15) is 11.5 Å². The number of aryl methyl sites for hydroxylation is 1. The second-order valence-corrected chi connectivity index (χ2v) is 7.27. The van der Waals surface area contributed by atoms with Gasteiger partial charge in [0.2, 0.25) is 5.78 Å². The van der Waals surface area contributed by atoms with Crippen LogP contribution >= 0.6 is 11.3 Å². The predicted octanol–water partition coefficient (Wildman–Crippen LogP) is 4.12. The number of hydrogen-bond acceptors (Lipinski definition) is 6. The number of anilines is 1. The minimum absolute atomic E-state index is 0.257. The van der Waals surface area contributed by atoms with E-state index in [4.69, 9.17) is 9.47 Å². The number of ketones is 1. The summed E-state index contributed by atoms with van der Waals surface area (Å²) in [4.78, 5) is 26.3. The maximum Gasteiger partial charge on any atom is 0.263 e. The molecule has 0 aliphatic carbocycles. The first kappa shape index (κ1) is 20.4. The molecule has 0 fully saturated rings. The van der Waals surface area contributed by atoms with E-state index in [-0.39, 0.29) is 11.7 Å². The van der Waals surface area contributed by atoms with E-state index in [1.54, 1.807) is 49.6 Å². The van der Waals surface area contributed by atoms with Gasteiger partial charge in [-0.25, -0.2) is 0 Å². The van der Waals surface area contributed by atoms with E-state index >= 15 is 0 Å². The maximum atomic E-state index is 13.1. The van der Waals surface area contributed by atoms with Crippen molar-refractivity contribution in [2.45, 2.75) is 13.1 Å². The zero-order chi connectivity index (χ0) is 20.8. The molecule has 0 spiro atoms. The Labute approximate surface area is 173 Å². The van der Waals surface area contributed by atoms with Crippen molar-refractivity contribution >= 4 is 28.7 Å². The van der Waals surface area contributed by atoms with Crippen molar-refractivity contribution in [3.8, 4) is 11.5 Å². The molecule has 150 valence electrons. The fraction of sp³-hybridized carbons (Fsp3) is 0.182. The lowest BCUT2D eigenvalue weighted by atomic mass is 10.1. The molecule has 7 heteroatoms. The van der Waals surface area contributed by atoms with E-state index in [0.29, 0.717) is 27.6 Å². The number of hydrogen-bond donors (Lipinski definition) is 2. The standard InChI is InChI=1S/C22H22N2O4S/c1-14-6-8-15(9-7-14)20(25)21(24-22(26)19-5-4-12-29-19)23-17-11-10-16(27-2)13-18(17)28-3/h4-13,21,23H,1-3H3,(H,24,26). The van der Waals surface area contributed by atoms with Gasteiger partial charge in [-0.3, -0.25) is 9.59 Å². The van der Waals surface area contributed by atoms with Crippen molar-refractivity contribution in [3.63, 3.8) is 0 Å². The number of benzene rings is 2. The Morgan fingerprint density at radius 1 is 1.00 bits per heavy atom. The number of Topliss-reactive ketones (excluding diaryl/α,β-unsaturated/α-hetero) is 1. The third kappa shape index (κ3) is 4.94. The van der Waals surface area contributed by atoms with Crippen LogP contribution in [0.2, 0.25) is 0 Å². The highest BCUT2D eigenvalue weighted by atomic mass is 32.1. The molecule has 0 aliphatic rings. The number of carbonyl (C=O) groups excluding carboxylic acids is 2. The largest absolute Gasteiger partial charge is 0.497 e. The van der Waals surface area contributed by atoms with E-state index < -0.39 is 6.17 Å². The monoisotopic (exact) mass is 410 g/mol. The average molecular weight is 410 g/mol. The topological polar surface area (TPSA) is 76.7 Å². The molecule has 1 unspecified atom stereocenters. The molecule has 6 nitrogen and oxygen atoms in total. The summed E-state index contributed by atoms with van der Waals surface area (Å²) in [6, 6.07) is 15.9. The summed E-state index contributed by atoms with van der Waals surface area (Å²) < 4.78 is 10.6. The van der Waals surface area contributed by atoms with Crippen LogP contribution in [0, 0.1) is 6.92 Å². The molecule has 29 heavy (non-hydrogen) atoms. The number of thiophene rings is 1. The van der Waals surface area contributed by atoms with Crippen LogP contribution in [-0.2, 0) is 0 Å². The SMILES string of the molecule is COc1ccc(NC(NC(=O)c2cccs2)C(=O)c2ccc(C)cc2)c(OC)c1. The van der Waals surface area contributed by atoms with Crippen LogP contribution < -0.4 is 20.1 Å². The van der Waals surface area contributed by atoms with Gasteiger partial charge in [0.15, 0.2) is 6.17 Å². The number of methoxy groups -OCH3 is 2. The number of carbonyl (C=O) groups is 2. The molecule has 0 bridgehead atoms. The number of rotatable bonds is 8. The fourth-order valence-electron chi connectivity index (χ4n) is 2.73. The minimum Gasteiger partial charge on any atom is -0.497 e. The zero-order valence-electron chi connectivity index (χ0n) is 16.4. The van der Waals surface area contributed by atoms with Gasteiger partial charge >= 0.3 is 0 Å². The first-order chi connectivity index (χ1) is 14.0. The summed E-state index contributed by atoms with van der Waals surface area (Å²) in [7, 11) is 3.09. The van der Waals surface area contributed by atoms with Crippen LogP contribution in [0.25, 0.3) is 0 Å². The van der Waals surface area contributed by atoms with Gasteiger partial charge in [0.25, 0.3) is 5.91 Å². The summed E-state index contributed by atoms with van der Waals surface area (Å²) in [5, 5.41) is 7.69. The van der Waals surface area contributed by atoms with Crippen LogP contribution in [-0.4, -0.2) is 32.1 Å². The molecule has 3 rings (SSSR count). The van der Waals surface area contributed by atoms with Crippen LogP contribution in [0.4, 0.5) is 5.69 Å². The van der Waals surface area contributed by atoms with E-state index in [1.165, 1.54) is 18.4 Å². The molecule has 1 amide bonds. The molecule has 2 N–H and O–H groups in total. The molecule has 0 saturated heterocycles. The first-order valence-corrected chi connectivity index (χ1v) is 9.83. The molecule has 1 aromatic heterocycles. The minimum atomic E-state index is -0.977. The van der Waals surface area contributed by atoms with E-state index in [9.17, 15) is 9.59 Å². The lowest BCUT2D eigenvalue weighted by Gasteiger charge is -2.22. The first-order valence-electron chi connectivity index (χ1n) is 8.95. The van der Waals surface area contributed by atoms with Gasteiger partial charge in [-0.1, -0.05) is 35.9 Å². The predicted molar refractivity (Wildman–Crippen MR) is 114 cm³/mol. The Morgan fingerprint density at radius 3 is 2.38 bits per heavy atom. The van der Waals surface area contributed by atoms with Crippen molar-refractivity contribution in [1.82, 2.24) is 5.32 Å². The van der Waals surface area contributed by atoms with E-state index in [2.05, 4.69) is 10.6 Å². The Bertz CT molecular complexity index is 985. The lowest BCUT2D eigenvalue weighted by molar-refractivity contribution is 0.0871. The Hall–Kier alpha value is -3.32. The zero-order valence-corrected chi connectivity index (χ0v) is 17.2. The third-order valence-corrected chi connectivity index (χ3v) is 5.20. The number of nitrogens with one attached hydrogen (secondary N) is 2. The molecular weight excluding hydrogens is 388 g/mol. The normalized spacial score (nSPS) is 11.4. The fourth-order valence-corrected chi connectivity index (χ4v) is 3.36. The molecule has 0 saturated carbocycles. The van der Waals surface area contributed by atoms with Crippen LogP contribution in [0.1, 0.15) is 25.6 Å². The van der Waals surface area contributed by atoms with Crippen molar-refractivity contribution in [2.24, 2.45) is 0 Å². The van der Waals surface area contributed by atoms with Crippen LogP contribution in [0.5, 0.6) is 11.5 Å². The molecule has 1 heterocycles.